The van der Waals surface area contributed by atoms with Crippen LogP contribution in [0.15, 0.2) is 18.2 Å². The number of nitrogens with zero attached hydrogens (tertiary/aromatic N) is 1. The summed E-state index contributed by atoms with van der Waals surface area (Å²) in [6, 6.07) is 3.22. The number of nitro benzene ring substituents is 1. The Labute approximate surface area is 158 Å². The lowest BCUT2D eigenvalue weighted by molar-refractivity contribution is -0.385. The maximum atomic E-state index is 12.0. The monoisotopic (exact) mass is 405 g/mol. The average molecular weight is 405 g/mol. The van der Waals surface area contributed by atoms with Gasteiger partial charge in [-0.1, -0.05) is 0 Å². The Morgan fingerprint density at radius 1 is 1.25 bits per heavy atom. The molecular formula is C15H23N3O10. The van der Waals surface area contributed by atoms with Crippen LogP contribution in [0.1, 0.15) is 10.4 Å². The van der Waals surface area contributed by atoms with Gasteiger partial charge in [0.25, 0.3) is 11.6 Å². The summed E-state index contributed by atoms with van der Waals surface area (Å²) < 4.78 is 10.5. The fourth-order valence-corrected chi connectivity index (χ4v) is 2.47. The second-order valence-electron chi connectivity index (χ2n) is 5.83. The Hall–Kier alpha value is -2.39. The first-order chi connectivity index (χ1) is 12.8. The van der Waals surface area contributed by atoms with Crippen molar-refractivity contribution in [2.75, 3.05) is 19.7 Å². The van der Waals surface area contributed by atoms with Gasteiger partial charge >= 0.3 is 0 Å². The number of ether oxygens (including phenoxy) is 2. The molecule has 1 aromatic carbocycles. The quantitative estimate of drug-likeness (QED) is 0.195. The number of aliphatic hydroxyl groups is 4. The van der Waals surface area contributed by atoms with Crippen LogP contribution in [-0.2, 0) is 4.74 Å². The largest absolute Gasteiger partial charge is 0.462 e. The van der Waals surface area contributed by atoms with E-state index in [1.165, 1.54) is 6.07 Å². The SMILES string of the molecule is NCCNC(=O)c1cc(O[C@H]2O[C@H](CO)[C@H](O)[C@H](O)[C@H]2O)cc([N+](=O)[O-])c1.O. The molecule has 1 fully saturated rings. The number of non-ortho nitro benzene ring substituents is 1. The molecule has 13 heteroatoms. The van der Waals surface area contributed by atoms with Crippen LogP contribution in [0.25, 0.3) is 0 Å². The summed E-state index contributed by atoms with van der Waals surface area (Å²) in [5.41, 5.74) is 4.76. The molecule has 1 amide bonds. The number of nitro groups is 1. The molecule has 28 heavy (non-hydrogen) atoms. The second kappa shape index (κ2) is 10.2. The number of nitrogens with two attached hydrogens (primary N) is 1. The van der Waals surface area contributed by atoms with Gasteiger partial charge in [-0.05, 0) is 6.07 Å². The lowest BCUT2D eigenvalue weighted by atomic mass is 9.99. The van der Waals surface area contributed by atoms with Gasteiger partial charge in [0.05, 0.1) is 17.6 Å². The van der Waals surface area contributed by atoms with Crippen molar-refractivity contribution < 1.29 is 45.1 Å². The lowest BCUT2D eigenvalue weighted by Gasteiger charge is -2.39. The van der Waals surface area contributed by atoms with Gasteiger partial charge in [-0.3, -0.25) is 14.9 Å². The van der Waals surface area contributed by atoms with Crippen molar-refractivity contribution in [3.8, 4) is 5.75 Å². The number of hydrogen-bond donors (Lipinski definition) is 6. The third-order valence-electron chi connectivity index (χ3n) is 3.89. The van der Waals surface area contributed by atoms with E-state index >= 15 is 0 Å². The van der Waals surface area contributed by atoms with Crippen LogP contribution < -0.4 is 15.8 Å². The Kier molecular flexibility index (Phi) is 8.64. The number of benzene rings is 1. The van der Waals surface area contributed by atoms with Crippen LogP contribution in [0.5, 0.6) is 5.75 Å². The van der Waals surface area contributed by atoms with Gasteiger partial charge in [-0.2, -0.15) is 0 Å². The van der Waals surface area contributed by atoms with Gasteiger partial charge in [-0.15, -0.1) is 0 Å². The molecule has 0 saturated carbocycles. The van der Waals surface area contributed by atoms with Gasteiger partial charge in [0, 0.05) is 24.7 Å². The van der Waals surface area contributed by atoms with E-state index < -0.39 is 53.8 Å². The van der Waals surface area contributed by atoms with Crippen LogP contribution in [0.2, 0.25) is 0 Å². The van der Waals surface area contributed by atoms with Crippen molar-refractivity contribution in [2.24, 2.45) is 5.73 Å². The Bertz CT molecular complexity index is 686. The molecule has 0 radical (unpaired) electrons. The zero-order valence-electron chi connectivity index (χ0n) is 14.6. The Morgan fingerprint density at radius 3 is 2.50 bits per heavy atom. The predicted octanol–water partition coefficient (Wildman–Crippen LogP) is -3.36. The molecule has 9 N–H and O–H groups in total. The number of nitrogens with one attached hydrogen (secondary N) is 1. The number of aliphatic hydroxyl groups excluding tert-OH is 4. The van der Waals surface area contributed by atoms with E-state index in [9.17, 15) is 35.3 Å². The molecule has 0 spiro atoms. The number of carbonyl (C=O) groups is 1. The molecule has 1 heterocycles. The van der Waals surface area contributed by atoms with E-state index in [-0.39, 0.29) is 29.9 Å². The smallest absolute Gasteiger partial charge is 0.273 e. The van der Waals surface area contributed by atoms with Gasteiger partial charge < -0.3 is 46.4 Å². The van der Waals surface area contributed by atoms with E-state index in [0.29, 0.717) is 0 Å². The molecule has 1 aromatic rings. The summed E-state index contributed by atoms with van der Waals surface area (Å²) in [6.07, 6.45) is -7.70. The van der Waals surface area contributed by atoms with Gasteiger partial charge in [0.1, 0.15) is 30.2 Å². The minimum absolute atomic E-state index is 0. The lowest BCUT2D eigenvalue weighted by Crippen LogP contribution is -2.60. The first-order valence-corrected chi connectivity index (χ1v) is 8.03. The standard InChI is InChI=1S/C15H21N3O9.H2O/c16-1-2-17-14(23)7-3-8(18(24)25)5-9(4-7)26-15-13(22)12(21)11(20)10(6-19)27-15;/h3-5,10-13,15,19-22H,1-2,6,16H2,(H,17,23);1H2/t10-,11+,12+,13-,15+;/m1./s1. The first-order valence-electron chi connectivity index (χ1n) is 8.03. The minimum Gasteiger partial charge on any atom is -0.462 e. The summed E-state index contributed by atoms with van der Waals surface area (Å²) in [7, 11) is 0. The molecular weight excluding hydrogens is 382 g/mol. The topological polar surface area (TPSA) is 229 Å². The number of amides is 1. The van der Waals surface area contributed by atoms with E-state index in [4.69, 9.17) is 15.2 Å². The molecule has 2 rings (SSSR count). The molecule has 158 valence electrons. The number of rotatable bonds is 7. The van der Waals surface area contributed by atoms with Crippen molar-refractivity contribution in [3.63, 3.8) is 0 Å². The summed E-state index contributed by atoms with van der Waals surface area (Å²) in [5, 5.41) is 52.3. The highest BCUT2D eigenvalue weighted by Gasteiger charge is 2.44. The van der Waals surface area contributed by atoms with E-state index in [0.717, 1.165) is 12.1 Å². The zero-order valence-corrected chi connectivity index (χ0v) is 14.6. The van der Waals surface area contributed by atoms with Crippen molar-refractivity contribution in [1.29, 1.82) is 0 Å². The fourth-order valence-electron chi connectivity index (χ4n) is 2.47. The fraction of sp³-hybridized carbons (Fsp3) is 0.533. The molecule has 0 aromatic heterocycles. The Balaban J connectivity index is 0.00000392. The minimum atomic E-state index is -1.70. The summed E-state index contributed by atoms with van der Waals surface area (Å²) in [4.78, 5) is 22.4. The van der Waals surface area contributed by atoms with Crippen LogP contribution >= 0.6 is 0 Å². The highest BCUT2D eigenvalue weighted by molar-refractivity contribution is 5.95. The second-order valence-corrected chi connectivity index (χ2v) is 5.83. The molecule has 5 atom stereocenters. The summed E-state index contributed by atoms with van der Waals surface area (Å²) in [5.74, 6) is -0.811. The van der Waals surface area contributed by atoms with Gasteiger partial charge in [0.15, 0.2) is 0 Å². The molecule has 1 aliphatic heterocycles. The first kappa shape index (κ1) is 23.6. The van der Waals surface area contributed by atoms with E-state index in [2.05, 4.69) is 5.32 Å². The number of hydrogen-bond acceptors (Lipinski definition) is 10. The molecule has 1 aliphatic rings. The molecule has 0 unspecified atom stereocenters. The summed E-state index contributed by atoms with van der Waals surface area (Å²) in [6.45, 7) is -0.328. The van der Waals surface area contributed by atoms with Crippen molar-refractivity contribution in [1.82, 2.24) is 5.32 Å². The van der Waals surface area contributed by atoms with Crippen LogP contribution in [0.3, 0.4) is 0 Å². The van der Waals surface area contributed by atoms with E-state index in [1.807, 2.05) is 0 Å². The summed E-state index contributed by atoms with van der Waals surface area (Å²) >= 11 is 0. The zero-order chi connectivity index (χ0) is 20.1. The molecule has 1 saturated heterocycles. The predicted molar refractivity (Wildman–Crippen MR) is 92.5 cm³/mol. The molecule has 13 nitrogen and oxygen atoms in total. The van der Waals surface area contributed by atoms with E-state index in [1.54, 1.807) is 0 Å². The third-order valence-corrected chi connectivity index (χ3v) is 3.89. The highest BCUT2D eigenvalue weighted by Crippen LogP contribution is 2.28. The maximum absolute atomic E-state index is 12.0. The number of carbonyl (C=O) groups excluding carboxylic acids is 1. The van der Waals surface area contributed by atoms with Crippen molar-refractivity contribution in [2.45, 2.75) is 30.7 Å². The normalized spacial score (nSPS) is 26.8. The van der Waals surface area contributed by atoms with Gasteiger partial charge in [0.2, 0.25) is 6.29 Å². The molecule has 0 bridgehead atoms. The van der Waals surface area contributed by atoms with Crippen molar-refractivity contribution >= 4 is 11.6 Å². The van der Waals surface area contributed by atoms with Crippen LogP contribution in [-0.4, -0.2) is 87.1 Å². The maximum Gasteiger partial charge on any atom is 0.273 e. The van der Waals surface area contributed by atoms with Crippen molar-refractivity contribution in [3.05, 3.63) is 33.9 Å². The van der Waals surface area contributed by atoms with Crippen LogP contribution in [0.4, 0.5) is 5.69 Å². The third kappa shape index (κ3) is 5.32. The average Bonchev–Trinajstić information content (AvgIpc) is 2.66. The van der Waals surface area contributed by atoms with Crippen LogP contribution in [0, 0.1) is 10.1 Å². The highest BCUT2D eigenvalue weighted by atomic mass is 16.7. The van der Waals surface area contributed by atoms with Gasteiger partial charge in [-0.25, -0.2) is 0 Å². The molecule has 0 aliphatic carbocycles. The Morgan fingerprint density at radius 2 is 1.93 bits per heavy atom.